The maximum Gasteiger partial charge on any atom is 0.338 e. The third-order valence-electron chi connectivity index (χ3n) is 0.990. The second-order valence-corrected chi connectivity index (χ2v) is 1.85. The largest absolute Gasteiger partial charge is 0.515 e. The van der Waals surface area contributed by atoms with Crippen LogP contribution in [0.3, 0.4) is 0 Å². The summed E-state index contributed by atoms with van der Waals surface area (Å²) in [5, 5.41) is 25.0. The number of rotatable bonds is 3. The Hall–Kier alpha value is -1.91. The lowest BCUT2D eigenvalue weighted by Gasteiger charge is -1.91. The van der Waals surface area contributed by atoms with E-state index in [1.807, 2.05) is 0 Å². The Kier molecular flexibility index (Phi) is 4.07. The summed E-state index contributed by atoms with van der Waals surface area (Å²) >= 11 is 0. The van der Waals surface area contributed by atoms with Crippen molar-refractivity contribution < 1.29 is 20.1 Å². The van der Waals surface area contributed by atoms with E-state index in [9.17, 15) is 4.79 Å². The summed E-state index contributed by atoms with van der Waals surface area (Å²) in [6.45, 7) is 0. The van der Waals surface area contributed by atoms with Gasteiger partial charge in [0.1, 0.15) is 6.26 Å². The highest BCUT2D eigenvalue weighted by Crippen LogP contribution is 1.97. The second-order valence-electron chi connectivity index (χ2n) is 1.85. The van der Waals surface area contributed by atoms with E-state index in [2.05, 4.69) is 0 Å². The highest BCUT2D eigenvalue weighted by Gasteiger charge is 2.01. The summed E-state index contributed by atoms with van der Waals surface area (Å²) in [7, 11) is 0. The van der Waals surface area contributed by atoms with E-state index in [0.717, 1.165) is 12.2 Å². The molecule has 0 fully saturated rings. The number of allylic oxidation sites excluding steroid dienone is 1. The number of aliphatic carboxylic acids is 1. The van der Waals surface area contributed by atoms with Crippen LogP contribution in [-0.4, -0.2) is 21.3 Å². The fraction of sp³-hybridized carbons (Fsp3) is 0. The van der Waals surface area contributed by atoms with Crippen molar-refractivity contribution >= 4 is 5.97 Å². The number of carboxylic acid groups (broad SMARTS) is 1. The van der Waals surface area contributed by atoms with E-state index in [1.165, 1.54) is 0 Å². The first-order chi connectivity index (χ1) is 5.61. The number of aliphatic hydroxyl groups excluding tert-OH is 2. The number of carboxylic acids is 1. The molecule has 5 heteroatoms. The lowest BCUT2D eigenvalue weighted by Crippen LogP contribution is -1.99. The van der Waals surface area contributed by atoms with Crippen molar-refractivity contribution in [3.8, 4) is 0 Å². The first-order valence-corrected chi connectivity index (χ1v) is 2.97. The summed E-state index contributed by atoms with van der Waals surface area (Å²) in [4.78, 5) is 10.2. The molecule has 5 N–H and O–H groups in total. The van der Waals surface area contributed by atoms with Crippen LogP contribution in [0.25, 0.3) is 0 Å². The molecule has 0 aliphatic carbocycles. The van der Waals surface area contributed by atoms with Crippen molar-refractivity contribution in [2.75, 3.05) is 0 Å². The molecule has 0 aliphatic heterocycles. The molecule has 5 nitrogen and oxygen atoms in total. The van der Waals surface area contributed by atoms with Gasteiger partial charge in [0.2, 0.25) is 0 Å². The predicted octanol–water partition coefficient (Wildman–Crippen LogP) is 0.427. The van der Waals surface area contributed by atoms with Crippen molar-refractivity contribution in [3.05, 3.63) is 35.9 Å². The minimum atomic E-state index is -1.28. The summed E-state index contributed by atoms with van der Waals surface area (Å²) in [5.41, 5.74) is 4.77. The Labute approximate surface area is 68.7 Å². The predicted molar refractivity (Wildman–Crippen MR) is 42.4 cm³/mol. The maximum absolute atomic E-state index is 10.2. The molecule has 0 atom stereocenters. The van der Waals surface area contributed by atoms with Gasteiger partial charge in [0.25, 0.3) is 0 Å². The highest BCUT2D eigenvalue weighted by atomic mass is 16.4. The molecule has 0 bridgehead atoms. The minimum Gasteiger partial charge on any atom is -0.515 e. The molecule has 0 unspecified atom stereocenters. The molecular weight excluding hydrogens is 162 g/mol. The minimum absolute atomic E-state index is 0.00407. The average Bonchev–Trinajstić information content (AvgIpc) is 2.04. The van der Waals surface area contributed by atoms with Crippen molar-refractivity contribution in [1.29, 1.82) is 0 Å². The molecule has 0 spiro atoms. The zero-order valence-electron chi connectivity index (χ0n) is 6.14. The standard InChI is InChI=1S/C7H9NO4/c8-6(4-10)2-1-5(3-9)7(11)12/h1-4,9-10H,8H2,(H,11,12)/b2-1+,5-3+,6-4+. The molecule has 0 radical (unpaired) electrons. The van der Waals surface area contributed by atoms with E-state index < -0.39 is 5.97 Å². The van der Waals surface area contributed by atoms with Gasteiger partial charge in [0.05, 0.1) is 17.5 Å². The third-order valence-corrected chi connectivity index (χ3v) is 0.990. The molecule has 0 rings (SSSR count). The van der Waals surface area contributed by atoms with Gasteiger partial charge < -0.3 is 21.1 Å². The first-order valence-electron chi connectivity index (χ1n) is 2.97. The maximum atomic E-state index is 10.2. The average molecular weight is 171 g/mol. The van der Waals surface area contributed by atoms with Gasteiger partial charge in [-0.25, -0.2) is 4.79 Å². The Morgan fingerprint density at radius 1 is 1.17 bits per heavy atom. The van der Waals surface area contributed by atoms with Crippen molar-refractivity contribution in [1.82, 2.24) is 0 Å². The summed E-state index contributed by atoms with van der Waals surface area (Å²) in [5.74, 6) is -1.28. The van der Waals surface area contributed by atoms with Gasteiger partial charge in [0.15, 0.2) is 0 Å². The summed E-state index contributed by atoms with van der Waals surface area (Å²) in [6, 6.07) is 0. The molecule has 0 heterocycles. The van der Waals surface area contributed by atoms with Crippen LogP contribution in [0.5, 0.6) is 0 Å². The smallest absolute Gasteiger partial charge is 0.338 e. The van der Waals surface area contributed by atoms with Crippen molar-refractivity contribution in [3.63, 3.8) is 0 Å². The van der Waals surface area contributed by atoms with Crippen LogP contribution >= 0.6 is 0 Å². The van der Waals surface area contributed by atoms with Gasteiger partial charge in [-0.3, -0.25) is 0 Å². The number of carbonyl (C=O) groups is 1. The van der Waals surface area contributed by atoms with Crippen LogP contribution in [0, 0.1) is 0 Å². The fourth-order valence-electron chi connectivity index (χ4n) is 0.399. The lowest BCUT2D eigenvalue weighted by atomic mass is 10.2. The molecule has 0 aromatic heterocycles. The summed E-state index contributed by atoms with van der Waals surface area (Å²) in [6.07, 6.45) is 3.26. The Morgan fingerprint density at radius 2 is 1.75 bits per heavy atom. The van der Waals surface area contributed by atoms with E-state index in [-0.39, 0.29) is 11.3 Å². The number of nitrogens with two attached hydrogens (primary N) is 1. The molecule has 0 aromatic carbocycles. The lowest BCUT2D eigenvalue weighted by molar-refractivity contribution is -0.132. The molecule has 0 amide bonds. The molecular formula is C7H9NO4. The Bertz CT molecular complexity index is 252. The van der Waals surface area contributed by atoms with Crippen molar-refractivity contribution in [2.24, 2.45) is 5.73 Å². The van der Waals surface area contributed by atoms with E-state index in [0.29, 0.717) is 12.5 Å². The molecule has 0 saturated carbocycles. The fourth-order valence-corrected chi connectivity index (χ4v) is 0.399. The SMILES string of the molecule is NC(/C=C/C(=C\O)C(=O)O)=C/O. The highest BCUT2D eigenvalue weighted by molar-refractivity contribution is 5.89. The third kappa shape index (κ3) is 3.31. The number of hydrogen-bond acceptors (Lipinski definition) is 4. The van der Waals surface area contributed by atoms with Gasteiger partial charge in [0, 0.05) is 0 Å². The van der Waals surface area contributed by atoms with Gasteiger partial charge in [-0.05, 0) is 12.2 Å². The first kappa shape index (κ1) is 10.1. The van der Waals surface area contributed by atoms with E-state index in [1.54, 1.807) is 0 Å². The van der Waals surface area contributed by atoms with Gasteiger partial charge in [-0.1, -0.05) is 0 Å². The molecule has 12 heavy (non-hydrogen) atoms. The van der Waals surface area contributed by atoms with Gasteiger partial charge >= 0.3 is 5.97 Å². The van der Waals surface area contributed by atoms with Crippen LogP contribution in [0.1, 0.15) is 0 Å². The van der Waals surface area contributed by atoms with Crippen LogP contribution in [0.15, 0.2) is 35.9 Å². The number of hydrogen-bond donors (Lipinski definition) is 4. The Balaban J connectivity index is 4.43. The molecule has 0 saturated heterocycles. The quantitative estimate of drug-likeness (QED) is 0.280. The molecule has 66 valence electrons. The van der Waals surface area contributed by atoms with Gasteiger partial charge in [-0.2, -0.15) is 0 Å². The van der Waals surface area contributed by atoms with Gasteiger partial charge in [-0.15, -0.1) is 0 Å². The van der Waals surface area contributed by atoms with Crippen LogP contribution in [-0.2, 0) is 4.79 Å². The van der Waals surface area contributed by atoms with E-state index >= 15 is 0 Å². The molecule has 0 aliphatic rings. The zero-order valence-corrected chi connectivity index (χ0v) is 6.14. The van der Waals surface area contributed by atoms with Crippen molar-refractivity contribution in [2.45, 2.75) is 0 Å². The second kappa shape index (κ2) is 4.84. The topological polar surface area (TPSA) is 104 Å². The monoisotopic (exact) mass is 171 g/mol. The van der Waals surface area contributed by atoms with Crippen LogP contribution in [0.2, 0.25) is 0 Å². The van der Waals surface area contributed by atoms with Crippen LogP contribution < -0.4 is 5.73 Å². The normalized spacial score (nSPS) is 13.7. The number of aliphatic hydroxyl groups is 2. The molecule has 0 aromatic rings. The zero-order chi connectivity index (χ0) is 9.56. The Morgan fingerprint density at radius 3 is 2.08 bits per heavy atom. The van der Waals surface area contributed by atoms with Crippen LogP contribution in [0.4, 0.5) is 0 Å². The summed E-state index contributed by atoms with van der Waals surface area (Å²) < 4.78 is 0. The van der Waals surface area contributed by atoms with E-state index in [4.69, 9.17) is 21.1 Å².